The van der Waals surface area contributed by atoms with Crippen molar-refractivity contribution in [2.45, 2.75) is 3.98 Å². The lowest BCUT2D eigenvalue weighted by atomic mass is 10.3. The van der Waals surface area contributed by atoms with E-state index in [1.54, 1.807) is 0 Å². The van der Waals surface area contributed by atoms with Crippen LogP contribution < -0.4 is 4.74 Å². The van der Waals surface area contributed by atoms with Crippen LogP contribution in [0, 0.1) is 5.82 Å². The first-order valence-electron chi connectivity index (χ1n) is 3.09. The second-order valence-electron chi connectivity index (χ2n) is 2.12. The summed E-state index contributed by atoms with van der Waals surface area (Å²) in [5, 5.41) is 0.245. The Bertz CT molecular complexity index is 310. The number of hydrogen-bond donors (Lipinski definition) is 0. The molecule has 1 aromatic carbocycles. The minimum atomic E-state index is -1.98. The van der Waals surface area contributed by atoms with E-state index in [0.717, 1.165) is 6.07 Å². The second-order valence-corrected chi connectivity index (χ2v) is 4.74. The Kier molecular flexibility index (Phi) is 3.52. The van der Waals surface area contributed by atoms with Gasteiger partial charge in [-0.05, 0) is 53.0 Å². The van der Waals surface area contributed by atoms with Crippen LogP contribution in [0.4, 0.5) is 4.39 Å². The molecule has 0 saturated carbocycles. The fourth-order valence-corrected chi connectivity index (χ4v) is 1.09. The summed E-state index contributed by atoms with van der Waals surface area (Å²) in [6, 6.07) is 3.77. The minimum absolute atomic E-state index is 0.163. The van der Waals surface area contributed by atoms with Gasteiger partial charge in [-0.25, -0.2) is 4.39 Å². The van der Waals surface area contributed by atoms with Gasteiger partial charge in [0.25, 0.3) is 0 Å². The molecule has 1 nitrogen and oxygen atoms in total. The molecule has 0 bridgehead atoms. The van der Waals surface area contributed by atoms with E-state index in [2.05, 4.69) is 4.74 Å². The highest BCUT2D eigenvalue weighted by atomic mass is 35.6. The third-order valence-electron chi connectivity index (χ3n) is 1.12. The van der Waals surface area contributed by atoms with Crippen molar-refractivity contribution in [3.8, 4) is 5.75 Å². The van der Waals surface area contributed by atoms with Gasteiger partial charge in [0, 0.05) is 5.02 Å². The van der Waals surface area contributed by atoms with Gasteiger partial charge in [-0.3, -0.25) is 0 Å². The first-order chi connectivity index (χ1) is 5.88. The zero-order valence-corrected chi connectivity index (χ0v) is 9.05. The molecule has 0 radical (unpaired) electrons. The van der Waals surface area contributed by atoms with Gasteiger partial charge < -0.3 is 4.74 Å². The first kappa shape index (κ1) is 11.2. The standard InChI is InChI=1S/C7H3Cl4FO/c8-4-1-2-6(5(12)3-4)13-7(9,10)11/h1-3H. The van der Waals surface area contributed by atoms with E-state index in [1.165, 1.54) is 12.1 Å². The van der Waals surface area contributed by atoms with E-state index < -0.39 is 9.80 Å². The lowest BCUT2D eigenvalue weighted by molar-refractivity contribution is 0.303. The Hall–Kier alpha value is 0.110. The zero-order valence-electron chi connectivity index (χ0n) is 6.03. The van der Waals surface area contributed by atoms with Crippen LogP contribution in [0.15, 0.2) is 18.2 Å². The highest BCUT2D eigenvalue weighted by Gasteiger charge is 2.23. The molecule has 1 aromatic rings. The van der Waals surface area contributed by atoms with Gasteiger partial charge in [0.2, 0.25) is 0 Å². The van der Waals surface area contributed by atoms with Crippen molar-refractivity contribution < 1.29 is 9.13 Å². The Balaban J connectivity index is 2.90. The summed E-state index contributed by atoms with van der Waals surface area (Å²) in [6.45, 7) is 0. The van der Waals surface area contributed by atoms with Gasteiger partial charge >= 0.3 is 3.98 Å². The number of halogens is 5. The molecular formula is C7H3Cl4FO. The molecule has 0 aliphatic heterocycles. The molecule has 0 aliphatic rings. The fourth-order valence-electron chi connectivity index (χ4n) is 0.683. The molecule has 0 unspecified atom stereocenters. The van der Waals surface area contributed by atoms with Crippen LogP contribution >= 0.6 is 46.4 Å². The SMILES string of the molecule is Fc1cc(Cl)ccc1OC(Cl)(Cl)Cl. The van der Waals surface area contributed by atoms with Crippen LogP contribution in [0.25, 0.3) is 0 Å². The number of alkyl halides is 3. The van der Waals surface area contributed by atoms with Crippen molar-refractivity contribution in [2.75, 3.05) is 0 Å². The molecule has 0 aromatic heterocycles. The maximum Gasteiger partial charge on any atom is 0.338 e. The summed E-state index contributed by atoms with van der Waals surface area (Å²) in [5.41, 5.74) is 0. The molecule has 0 spiro atoms. The average Bonchev–Trinajstić information content (AvgIpc) is 1.93. The summed E-state index contributed by atoms with van der Waals surface area (Å²) < 4.78 is 15.7. The average molecular weight is 264 g/mol. The number of rotatable bonds is 1. The van der Waals surface area contributed by atoms with E-state index in [4.69, 9.17) is 46.4 Å². The van der Waals surface area contributed by atoms with Gasteiger partial charge in [0.1, 0.15) is 0 Å². The van der Waals surface area contributed by atoms with E-state index in [1.807, 2.05) is 0 Å². The van der Waals surface area contributed by atoms with Crippen molar-refractivity contribution >= 4 is 46.4 Å². The predicted octanol–water partition coefficient (Wildman–Crippen LogP) is 4.19. The molecule has 0 aliphatic carbocycles. The quantitative estimate of drug-likeness (QED) is 0.691. The van der Waals surface area contributed by atoms with E-state index in [9.17, 15) is 4.39 Å². The Morgan fingerprint density at radius 1 is 1.23 bits per heavy atom. The van der Waals surface area contributed by atoms with Gasteiger partial charge in [-0.15, -0.1) is 0 Å². The maximum absolute atomic E-state index is 13.0. The molecule has 0 atom stereocenters. The molecule has 0 heterocycles. The van der Waals surface area contributed by atoms with Gasteiger partial charge in [0.05, 0.1) is 0 Å². The second kappa shape index (κ2) is 4.09. The number of hydrogen-bond acceptors (Lipinski definition) is 1. The van der Waals surface area contributed by atoms with E-state index in [0.29, 0.717) is 0 Å². The van der Waals surface area contributed by atoms with Crippen LogP contribution in [0.5, 0.6) is 5.75 Å². The van der Waals surface area contributed by atoms with Crippen molar-refractivity contribution in [1.82, 2.24) is 0 Å². The lowest BCUT2D eigenvalue weighted by Crippen LogP contribution is -2.13. The molecule has 0 fully saturated rings. The fraction of sp³-hybridized carbons (Fsp3) is 0.143. The Labute approximate surface area is 94.3 Å². The Morgan fingerprint density at radius 2 is 1.85 bits per heavy atom. The third-order valence-corrected chi connectivity index (χ3v) is 1.59. The van der Waals surface area contributed by atoms with Crippen LogP contribution in [0.3, 0.4) is 0 Å². The molecule has 1 rings (SSSR count). The summed E-state index contributed by atoms with van der Waals surface area (Å²) in [7, 11) is 0. The molecule has 0 amide bonds. The first-order valence-corrected chi connectivity index (χ1v) is 4.60. The van der Waals surface area contributed by atoms with E-state index in [-0.39, 0.29) is 10.8 Å². The van der Waals surface area contributed by atoms with Gasteiger partial charge in [-0.1, -0.05) is 11.6 Å². The highest BCUT2D eigenvalue weighted by molar-refractivity contribution is 6.66. The third kappa shape index (κ3) is 3.77. The predicted molar refractivity (Wildman–Crippen MR) is 52.3 cm³/mol. The molecule has 0 N–H and O–H groups in total. The number of benzene rings is 1. The van der Waals surface area contributed by atoms with Crippen LogP contribution in [0.2, 0.25) is 5.02 Å². The van der Waals surface area contributed by atoms with Crippen LogP contribution in [-0.2, 0) is 0 Å². The minimum Gasteiger partial charge on any atom is -0.442 e. The summed E-state index contributed by atoms with van der Waals surface area (Å²) in [4.78, 5) is 0. The maximum atomic E-state index is 13.0. The Morgan fingerprint density at radius 3 is 2.31 bits per heavy atom. The smallest absolute Gasteiger partial charge is 0.338 e. The number of ether oxygens (including phenoxy) is 1. The van der Waals surface area contributed by atoms with Crippen LogP contribution in [0.1, 0.15) is 0 Å². The van der Waals surface area contributed by atoms with Gasteiger partial charge in [-0.2, -0.15) is 0 Å². The molecule has 72 valence electrons. The molecule has 0 saturated heterocycles. The zero-order chi connectivity index (χ0) is 10.1. The van der Waals surface area contributed by atoms with Crippen LogP contribution in [-0.4, -0.2) is 3.98 Å². The van der Waals surface area contributed by atoms with Crippen molar-refractivity contribution in [1.29, 1.82) is 0 Å². The molecular weight excluding hydrogens is 261 g/mol. The largest absolute Gasteiger partial charge is 0.442 e. The topological polar surface area (TPSA) is 9.23 Å². The van der Waals surface area contributed by atoms with Crippen molar-refractivity contribution in [3.63, 3.8) is 0 Å². The van der Waals surface area contributed by atoms with E-state index >= 15 is 0 Å². The van der Waals surface area contributed by atoms with Gasteiger partial charge in [0.15, 0.2) is 11.6 Å². The monoisotopic (exact) mass is 262 g/mol. The molecule has 13 heavy (non-hydrogen) atoms. The summed E-state index contributed by atoms with van der Waals surface area (Å²) in [5.74, 6) is -0.844. The highest BCUT2D eigenvalue weighted by Crippen LogP contribution is 2.32. The summed E-state index contributed by atoms with van der Waals surface area (Å²) >= 11 is 21.4. The summed E-state index contributed by atoms with van der Waals surface area (Å²) in [6.07, 6.45) is 0. The van der Waals surface area contributed by atoms with Crippen molar-refractivity contribution in [3.05, 3.63) is 29.0 Å². The lowest BCUT2D eigenvalue weighted by Gasteiger charge is -2.13. The van der Waals surface area contributed by atoms with Crippen molar-refractivity contribution in [2.24, 2.45) is 0 Å². The molecule has 6 heteroatoms. The normalized spacial score (nSPS) is 11.5.